The molecule has 0 aliphatic heterocycles. The van der Waals surface area contributed by atoms with Crippen LogP contribution in [0.2, 0.25) is 0 Å². The Morgan fingerprint density at radius 3 is 2.78 bits per heavy atom. The number of pyridine rings is 1. The Morgan fingerprint density at radius 2 is 2.11 bits per heavy atom. The van der Waals surface area contributed by atoms with Gasteiger partial charge in [0.05, 0.1) is 0 Å². The Balaban J connectivity index is 2.46. The highest BCUT2D eigenvalue weighted by Crippen LogP contribution is 2.20. The molecule has 0 amide bonds. The molecule has 0 radical (unpaired) electrons. The number of aryl methyl sites for hydroxylation is 1. The molecule has 2 aromatic rings. The number of rotatable bonds is 4. The molecule has 0 spiro atoms. The van der Waals surface area contributed by atoms with Crippen LogP contribution in [-0.2, 0) is 6.42 Å². The summed E-state index contributed by atoms with van der Waals surface area (Å²) in [6, 6.07) is 3.79. The fourth-order valence-electron chi connectivity index (χ4n) is 1.62. The van der Waals surface area contributed by atoms with E-state index in [0.717, 1.165) is 28.6 Å². The van der Waals surface area contributed by atoms with E-state index >= 15 is 0 Å². The zero-order valence-corrected chi connectivity index (χ0v) is 11.6. The van der Waals surface area contributed by atoms with Crippen molar-refractivity contribution in [2.24, 2.45) is 5.84 Å². The van der Waals surface area contributed by atoms with E-state index in [1.165, 1.54) is 0 Å². The average Bonchev–Trinajstić information content (AvgIpc) is 2.39. The van der Waals surface area contributed by atoms with Crippen LogP contribution in [0.25, 0.3) is 11.4 Å². The molecule has 0 saturated carbocycles. The van der Waals surface area contributed by atoms with Gasteiger partial charge >= 0.3 is 0 Å². The second-order valence-corrected chi connectivity index (χ2v) is 4.77. The molecule has 18 heavy (non-hydrogen) atoms. The molecule has 94 valence electrons. The minimum atomic E-state index is 0.614. The summed E-state index contributed by atoms with van der Waals surface area (Å²) in [4.78, 5) is 13.0. The van der Waals surface area contributed by atoms with Crippen LogP contribution in [0.1, 0.15) is 19.0 Å². The minimum Gasteiger partial charge on any atom is -0.308 e. The first kappa shape index (κ1) is 12.9. The molecule has 0 aliphatic rings. The summed E-state index contributed by atoms with van der Waals surface area (Å²) in [5, 5.41) is 0. The number of halogens is 1. The van der Waals surface area contributed by atoms with E-state index in [1.54, 1.807) is 12.4 Å². The molecule has 0 unspecified atom stereocenters. The van der Waals surface area contributed by atoms with Crippen molar-refractivity contribution in [1.29, 1.82) is 0 Å². The van der Waals surface area contributed by atoms with Gasteiger partial charge in [0.1, 0.15) is 5.82 Å². The summed E-state index contributed by atoms with van der Waals surface area (Å²) >= 11 is 3.39. The van der Waals surface area contributed by atoms with Crippen LogP contribution < -0.4 is 11.3 Å². The lowest BCUT2D eigenvalue weighted by Crippen LogP contribution is -2.10. The van der Waals surface area contributed by atoms with Gasteiger partial charge in [-0.05, 0) is 28.4 Å². The first-order valence-corrected chi connectivity index (χ1v) is 6.47. The summed E-state index contributed by atoms with van der Waals surface area (Å²) in [6.07, 6.45) is 5.38. The van der Waals surface area contributed by atoms with Crippen molar-refractivity contribution in [3.8, 4) is 11.4 Å². The van der Waals surface area contributed by atoms with E-state index in [1.807, 2.05) is 12.1 Å². The molecule has 6 heteroatoms. The summed E-state index contributed by atoms with van der Waals surface area (Å²) in [5.74, 6) is 6.67. The van der Waals surface area contributed by atoms with Crippen LogP contribution in [0, 0.1) is 0 Å². The SMILES string of the molecule is CCCc1cc(NN)nc(-c2cncc(Br)c2)n1. The maximum atomic E-state index is 5.43. The van der Waals surface area contributed by atoms with Gasteiger partial charge in [-0.1, -0.05) is 13.3 Å². The average molecular weight is 308 g/mol. The molecule has 2 rings (SSSR count). The summed E-state index contributed by atoms with van der Waals surface area (Å²) in [7, 11) is 0. The summed E-state index contributed by atoms with van der Waals surface area (Å²) < 4.78 is 0.895. The van der Waals surface area contributed by atoms with Crippen molar-refractivity contribution in [2.45, 2.75) is 19.8 Å². The van der Waals surface area contributed by atoms with Crippen molar-refractivity contribution in [2.75, 3.05) is 5.43 Å². The molecule has 0 bridgehead atoms. The molecule has 0 saturated heterocycles. The first-order chi connectivity index (χ1) is 8.72. The number of nitrogen functional groups attached to an aromatic ring is 1. The Kier molecular flexibility index (Phi) is 4.22. The predicted octanol–water partition coefficient (Wildman–Crippen LogP) is 2.54. The van der Waals surface area contributed by atoms with Crippen LogP contribution in [0.5, 0.6) is 0 Å². The predicted molar refractivity (Wildman–Crippen MR) is 74.8 cm³/mol. The Hall–Kier alpha value is -1.53. The molecular formula is C12H14BrN5. The van der Waals surface area contributed by atoms with E-state index in [2.05, 4.69) is 43.2 Å². The quantitative estimate of drug-likeness (QED) is 0.670. The standard InChI is InChI=1S/C12H14BrN5/c1-2-3-10-5-11(18-14)17-12(16-10)8-4-9(13)7-15-6-8/h4-7H,2-3,14H2,1H3,(H,16,17,18). The third kappa shape index (κ3) is 3.02. The number of hydrogen-bond donors (Lipinski definition) is 2. The van der Waals surface area contributed by atoms with Crippen LogP contribution in [0.15, 0.2) is 29.0 Å². The van der Waals surface area contributed by atoms with Gasteiger partial charge in [0.25, 0.3) is 0 Å². The van der Waals surface area contributed by atoms with E-state index < -0.39 is 0 Å². The first-order valence-electron chi connectivity index (χ1n) is 5.68. The van der Waals surface area contributed by atoms with E-state index in [9.17, 15) is 0 Å². The van der Waals surface area contributed by atoms with Crippen molar-refractivity contribution in [1.82, 2.24) is 15.0 Å². The van der Waals surface area contributed by atoms with Gasteiger partial charge in [-0.15, -0.1) is 0 Å². The van der Waals surface area contributed by atoms with Gasteiger partial charge in [0.15, 0.2) is 5.82 Å². The van der Waals surface area contributed by atoms with Gasteiger partial charge in [-0.2, -0.15) is 0 Å². The Bertz CT molecular complexity index is 544. The Labute approximate surface area is 114 Å². The van der Waals surface area contributed by atoms with Crippen LogP contribution in [0.3, 0.4) is 0 Å². The fraction of sp³-hybridized carbons (Fsp3) is 0.250. The van der Waals surface area contributed by atoms with Crippen LogP contribution >= 0.6 is 15.9 Å². The zero-order chi connectivity index (χ0) is 13.0. The van der Waals surface area contributed by atoms with Crippen molar-refractivity contribution >= 4 is 21.7 Å². The molecule has 0 aliphatic carbocycles. The van der Waals surface area contributed by atoms with E-state index in [0.29, 0.717) is 11.6 Å². The zero-order valence-electron chi connectivity index (χ0n) is 10.0. The number of anilines is 1. The molecule has 0 aromatic carbocycles. The highest BCUT2D eigenvalue weighted by Gasteiger charge is 2.07. The van der Waals surface area contributed by atoms with Gasteiger partial charge in [0.2, 0.25) is 0 Å². The normalized spacial score (nSPS) is 10.4. The molecule has 0 atom stereocenters. The monoisotopic (exact) mass is 307 g/mol. The Morgan fingerprint density at radius 1 is 1.28 bits per heavy atom. The summed E-state index contributed by atoms with van der Waals surface area (Å²) in [6.45, 7) is 2.11. The highest BCUT2D eigenvalue weighted by atomic mass is 79.9. The molecular weight excluding hydrogens is 294 g/mol. The minimum absolute atomic E-state index is 0.614. The van der Waals surface area contributed by atoms with E-state index in [4.69, 9.17) is 5.84 Å². The third-order valence-corrected chi connectivity index (χ3v) is 2.83. The number of hydrazine groups is 1. The van der Waals surface area contributed by atoms with Crippen LogP contribution in [0.4, 0.5) is 5.82 Å². The topological polar surface area (TPSA) is 76.7 Å². The van der Waals surface area contributed by atoms with Gasteiger partial charge in [-0.25, -0.2) is 15.8 Å². The molecule has 0 fully saturated rings. The number of nitrogens with one attached hydrogen (secondary N) is 1. The van der Waals surface area contributed by atoms with Crippen molar-refractivity contribution < 1.29 is 0 Å². The van der Waals surface area contributed by atoms with Gasteiger partial charge in [-0.3, -0.25) is 4.98 Å². The molecule has 2 heterocycles. The number of hydrogen-bond acceptors (Lipinski definition) is 5. The molecule has 2 aromatic heterocycles. The second kappa shape index (κ2) is 5.88. The lowest BCUT2D eigenvalue weighted by molar-refractivity contribution is 0.875. The number of aromatic nitrogens is 3. The maximum absolute atomic E-state index is 5.43. The number of nitrogens with two attached hydrogens (primary N) is 1. The van der Waals surface area contributed by atoms with Gasteiger partial charge < -0.3 is 5.43 Å². The molecule has 5 nitrogen and oxygen atoms in total. The van der Waals surface area contributed by atoms with Crippen molar-refractivity contribution in [3.63, 3.8) is 0 Å². The van der Waals surface area contributed by atoms with Crippen molar-refractivity contribution in [3.05, 3.63) is 34.7 Å². The second-order valence-electron chi connectivity index (χ2n) is 3.85. The summed E-state index contributed by atoms with van der Waals surface area (Å²) in [5.41, 5.74) is 4.40. The van der Waals surface area contributed by atoms with Gasteiger partial charge in [0, 0.05) is 34.2 Å². The fourth-order valence-corrected chi connectivity index (χ4v) is 1.98. The van der Waals surface area contributed by atoms with Crippen LogP contribution in [-0.4, -0.2) is 15.0 Å². The number of nitrogens with zero attached hydrogens (tertiary/aromatic N) is 3. The lowest BCUT2D eigenvalue weighted by Gasteiger charge is -2.07. The van der Waals surface area contributed by atoms with E-state index in [-0.39, 0.29) is 0 Å². The lowest BCUT2D eigenvalue weighted by atomic mass is 10.2. The maximum Gasteiger partial charge on any atom is 0.163 e. The molecule has 3 N–H and O–H groups in total. The largest absolute Gasteiger partial charge is 0.308 e. The highest BCUT2D eigenvalue weighted by molar-refractivity contribution is 9.10. The third-order valence-electron chi connectivity index (χ3n) is 2.40. The smallest absolute Gasteiger partial charge is 0.163 e.